The zero-order chi connectivity index (χ0) is 16.1. The molecule has 0 spiro atoms. The molecule has 9 nitrogen and oxygen atoms in total. The lowest BCUT2D eigenvalue weighted by Gasteiger charge is -2.23. The molecule has 0 amide bonds. The maximum absolute atomic E-state index is 14.9. The van der Waals surface area contributed by atoms with E-state index < -0.39 is 36.3 Å². The Balaban J connectivity index is 2.19. The molecule has 1 fully saturated rings. The quantitative estimate of drug-likeness (QED) is 0.484. The van der Waals surface area contributed by atoms with Crippen molar-refractivity contribution in [3.8, 4) is 12.3 Å². The molecule has 1 unspecified atom stereocenters. The molecule has 2 aromatic heterocycles. The number of rotatable bonds is 2. The summed E-state index contributed by atoms with van der Waals surface area (Å²) in [4.78, 5) is 21.7. The smallest absolute Gasteiger partial charge is 0.280 e. The summed E-state index contributed by atoms with van der Waals surface area (Å²) < 4.78 is 21.3. The van der Waals surface area contributed by atoms with Crippen molar-refractivity contribution in [3.05, 3.63) is 16.7 Å². The summed E-state index contributed by atoms with van der Waals surface area (Å²) in [7, 11) is 0. The number of nitrogens with two attached hydrogens (primary N) is 1. The second-order valence-corrected chi connectivity index (χ2v) is 4.84. The van der Waals surface area contributed by atoms with E-state index in [4.69, 9.17) is 22.0 Å². The van der Waals surface area contributed by atoms with E-state index in [1.165, 1.54) is 0 Å². The van der Waals surface area contributed by atoms with Crippen LogP contribution < -0.4 is 11.3 Å². The number of nitrogens with zero attached hydrogens (tertiary/aromatic N) is 3. The van der Waals surface area contributed by atoms with Crippen LogP contribution in [0.1, 0.15) is 6.23 Å². The van der Waals surface area contributed by atoms with Crippen LogP contribution in [0.2, 0.25) is 0 Å². The van der Waals surface area contributed by atoms with Gasteiger partial charge in [-0.3, -0.25) is 14.3 Å². The first-order valence-electron chi connectivity index (χ1n) is 6.25. The zero-order valence-electron chi connectivity index (χ0n) is 11.1. The van der Waals surface area contributed by atoms with Gasteiger partial charge in [0.15, 0.2) is 17.4 Å². The van der Waals surface area contributed by atoms with Gasteiger partial charge in [0.2, 0.25) is 11.6 Å². The molecule has 1 saturated heterocycles. The predicted molar refractivity (Wildman–Crippen MR) is 72.2 cm³/mol. The number of anilines is 1. The first kappa shape index (κ1) is 14.5. The van der Waals surface area contributed by atoms with E-state index >= 15 is 0 Å². The van der Waals surface area contributed by atoms with Gasteiger partial charge >= 0.3 is 0 Å². The van der Waals surface area contributed by atoms with Gasteiger partial charge in [0.05, 0.1) is 12.9 Å². The molecule has 5 N–H and O–H groups in total. The summed E-state index contributed by atoms with van der Waals surface area (Å²) in [5.41, 5.74) is 2.10. The number of halogens is 1. The van der Waals surface area contributed by atoms with Gasteiger partial charge in [-0.15, -0.1) is 6.42 Å². The molecule has 1 aliphatic rings. The highest BCUT2D eigenvalue weighted by Gasteiger charge is 2.57. The van der Waals surface area contributed by atoms with Gasteiger partial charge in [-0.1, -0.05) is 5.92 Å². The van der Waals surface area contributed by atoms with Crippen LogP contribution in [0.4, 0.5) is 10.3 Å². The van der Waals surface area contributed by atoms with Crippen LogP contribution in [0, 0.1) is 12.3 Å². The van der Waals surface area contributed by atoms with Crippen LogP contribution in [0.3, 0.4) is 0 Å². The van der Waals surface area contributed by atoms with Crippen LogP contribution >= 0.6 is 0 Å². The fourth-order valence-electron chi connectivity index (χ4n) is 2.44. The lowest BCUT2D eigenvalue weighted by molar-refractivity contribution is -0.0504. The number of nitrogens with one attached hydrogen (secondary N) is 1. The summed E-state index contributed by atoms with van der Waals surface area (Å²) in [6, 6.07) is 0. The minimum Gasteiger partial charge on any atom is -0.394 e. The number of fused-ring (bicyclic) bond motifs is 1. The molecule has 3 rings (SSSR count). The van der Waals surface area contributed by atoms with Gasteiger partial charge in [-0.25, -0.2) is 9.37 Å². The van der Waals surface area contributed by atoms with Crippen LogP contribution in [0.25, 0.3) is 11.2 Å². The number of terminal acetylenes is 1. The zero-order valence-corrected chi connectivity index (χ0v) is 11.1. The van der Waals surface area contributed by atoms with Gasteiger partial charge < -0.3 is 20.7 Å². The van der Waals surface area contributed by atoms with Crippen molar-refractivity contribution in [2.24, 2.45) is 0 Å². The monoisotopic (exact) mass is 309 g/mol. The van der Waals surface area contributed by atoms with Crippen LogP contribution in [-0.4, -0.2) is 54.2 Å². The Hall–Kier alpha value is -2.48. The van der Waals surface area contributed by atoms with Gasteiger partial charge in [0.1, 0.15) is 12.2 Å². The van der Waals surface area contributed by atoms with Gasteiger partial charge in [0.25, 0.3) is 5.56 Å². The Labute approximate surface area is 122 Å². The Morgan fingerprint density at radius 2 is 2.41 bits per heavy atom. The molecule has 4 atom stereocenters. The molecular weight excluding hydrogens is 297 g/mol. The fraction of sp³-hybridized carbons (Fsp3) is 0.417. The van der Waals surface area contributed by atoms with Crippen LogP contribution in [0.5, 0.6) is 0 Å². The third kappa shape index (κ3) is 1.80. The number of aromatic amines is 1. The van der Waals surface area contributed by atoms with E-state index in [0.29, 0.717) is 0 Å². The Kier molecular flexibility index (Phi) is 3.13. The van der Waals surface area contributed by atoms with Crippen molar-refractivity contribution in [1.82, 2.24) is 19.5 Å². The highest BCUT2D eigenvalue weighted by atomic mass is 19.1. The van der Waals surface area contributed by atoms with Gasteiger partial charge in [-0.05, 0) is 0 Å². The molecule has 22 heavy (non-hydrogen) atoms. The van der Waals surface area contributed by atoms with E-state index in [0.717, 1.165) is 10.9 Å². The number of H-pyrrole nitrogens is 1. The number of nitrogen functional groups attached to an aromatic ring is 1. The predicted octanol–water partition coefficient (Wildman–Crippen LogP) is -1.71. The molecule has 0 radical (unpaired) electrons. The first-order chi connectivity index (χ1) is 10.4. The average molecular weight is 309 g/mol. The van der Waals surface area contributed by atoms with E-state index in [1.807, 2.05) is 5.92 Å². The number of imidazole rings is 1. The van der Waals surface area contributed by atoms with E-state index in [-0.39, 0.29) is 17.1 Å². The van der Waals surface area contributed by atoms with Crippen molar-refractivity contribution >= 4 is 17.1 Å². The van der Waals surface area contributed by atoms with Crippen molar-refractivity contribution in [1.29, 1.82) is 0 Å². The number of ether oxygens (including phenoxy) is 1. The molecule has 0 aliphatic carbocycles. The number of aliphatic hydroxyl groups excluding tert-OH is 2. The highest BCUT2D eigenvalue weighted by Crippen LogP contribution is 2.41. The standard InChI is InChI=1S/C12H12FN5O4/c1-2-12(13)7(20)5(3-19)22-10(12)18-4-15-6-8(18)16-11(14)17-9(6)21/h1,4-5,7,10,19-20H,3H2,(H3,14,16,17,21)/t5-,7+,10-,12?/m1/s1. The van der Waals surface area contributed by atoms with E-state index in [2.05, 4.69) is 15.0 Å². The van der Waals surface area contributed by atoms with Gasteiger partial charge in [-0.2, -0.15) is 4.98 Å². The van der Waals surface area contributed by atoms with Crippen molar-refractivity contribution in [2.75, 3.05) is 12.3 Å². The summed E-state index contributed by atoms with van der Waals surface area (Å²) in [5, 5.41) is 19.1. The van der Waals surface area contributed by atoms with Crippen molar-refractivity contribution in [3.63, 3.8) is 0 Å². The third-order valence-corrected chi connectivity index (χ3v) is 3.55. The molecule has 2 aromatic rings. The Bertz CT molecular complexity index is 827. The van der Waals surface area contributed by atoms with Crippen molar-refractivity contribution in [2.45, 2.75) is 24.1 Å². The van der Waals surface area contributed by atoms with E-state index in [1.54, 1.807) is 0 Å². The molecule has 0 bridgehead atoms. The Morgan fingerprint density at radius 1 is 1.68 bits per heavy atom. The number of aliphatic hydroxyl groups is 2. The summed E-state index contributed by atoms with van der Waals surface area (Å²) >= 11 is 0. The van der Waals surface area contributed by atoms with Gasteiger partial charge in [0, 0.05) is 0 Å². The van der Waals surface area contributed by atoms with Crippen LogP contribution in [0.15, 0.2) is 11.1 Å². The molecule has 1 aliphatic heterocycles. The number of hydrogen-bond donors (Lipinski definition) is 4. The molecule has 3 heterocycles. The number of hydrogen-bond acceptors (Lipinski definition) is 7. The minimum atomic E-state index is -2.62. The third-order valence-electron chi connectivity index (χ3n) is 3.55. The normalized spacial score (nSPS) is 31.5. The number of aromatic nitrogens is 4. The lowest BCUT2D eigenvalue weighted by Crippen LogP contribution is -2.42. The Morgan fingerprint density at radius 3 is 3.05 bits per heavy atom. The fourth-order valence-corrected chi connectivity index (χ4v) is 2.44. The van der Waals surface area contributed by atoms with E-state index in [9.17, 15) is 14.3 Å². The summed E-state index contributed by atoms with van der Waals surface area (Å²) in [5.74, 6) is 1.65. The lowest BCUT2D eigenvalue weighted by atomic mass is 9.97. The summed E-state index contributed by atoms with van der Waals surface area (Å²) in [6.45, 7) is -0.631. The second-order valence-electron chi connectivity index (χ2n) is 4.84. The minimum absolute atomic E-state index is 0.0469. The maximum Gasteiger partial charge on any atom is 0.280 e. The maximum atomic E-state index is 14.9. The second kappa shape index (κ2) is 4.77. The highest BCUT2D eigenvalue weighted by molar-refractivity contribution is 5.70. The number of alkyl halides is 1. The molecule has 0 saturated carbocycles. The molecular formula is C12H12FN5O4. The van der Waals surface area contributed by atoms with Crippen molar-refractivity contribution < 1.29 is 19.3 Å². The first-order valence-corrected chi connectivity index (χ1v) is 6.25. The molecule has 10 heteroatoms. The largest absolute Gasteiger partial charge is 0.394 e. The SMILES string of the molecule is C#CC1(F)[C@@H](O)[C@@H](CO)O[C@H]1n1cnc2c(=O)[nH]c(N)nc21. The molecule has 0 aromatic carbocycles. The average Bonchev–Trinajstić information content (AvgIpc) is 3.00. The topological polar surface area (TPSA) is 139 Å². The van der Waals surface area contributed by atoms with Crippen LogP contribution in [-0.2, 0) is 4.74 Å². The molecule has 116 valence electrons. The summed E-state index contributed by atoms with van der Waals surface area (Å²) in [6.07, 6.45) is 1.81.